The molecule has 0 atom stereocenters. The number of aryl methyl sites for hydroxylation is 2. The highest BCUT2D eigenvalue weighted by atomic mass is 16.5. The molecular formula is C20H20N2O3. The van der Waals surface area contributed by atoms with Crippen molar-refractivity contribution in [3.63, 3.8) is 0 Å². The minimum Gasteiger partial charge on any atom is -0.497 e. The van der Waals surface area contributed by atoms with Crippen molar-refractivity contribution in [2.75, 3.05) is 7.11 Å². The fourth-order valence-corrected chi connectivity index (χ4v) is 2.72. The summed E-state index contributed by atoms with van der Waals surface area (Å²) in [4.78, 5) is 11.1. The van der Waals surface area contributed by atoms with Crippen LogP contribution in [0.15, 0.2) is 53.3 Å². The quantitative estimate of drug-likeness (QED) is 0.770. The van der Waals surface area contributed by atoms with Crippen molar-refractivity contribution in [2.24, 2.45) is 0 Å². The minimum absolute atomic E-state index is 0.215. The van der Waals surface area contributed by atoms with Crippen molar-refractivity contribution < 1.29 is 9.47 Å². The molecule has 0 amide bonds. The predicted octanol–water partition coefficient (Wildman–Crippen LogP) is 3.78. The van der Waals surface area contributed by atoms with E-state index in [-0.39, 0.29) is 5.56 Å². The molecule has 0 aliphatic carbocycles. The highest BCUT2D eigenvalue weighted by molar-refractivity contribution is 5.43. The van der Waals surface area contributed by atoms with E-state index in [0.717, 1.165) is 28.1 Å². The first kappa shape index (κ1) is 16.8. The Morgan fingerprint density at radius 3 is 2.24 bits per heavy atom. The molecule has 1 N–H and O–H groups in total. The largest absolute Gasteiger partial charge is 0.497 e. The SMILES string of the molecule is COc1cc(Cc2ccc(=O)[nH]n2)cc(Oc2cc(C)cc(C)c2)c1. The van der Waals surface area contributed by atoms with E-state index in [4.69, 9.17) is 9.47 Å². The summed E-state index contributed by atoms with van der Waals surface area (Å²) in [7, 11) is 1.62. The summed E-state index contributed by atoms with van der Waals surface area (Å²) in [6.07, 6.45) is 0.567. The van der Waals surface area contributed by atoms with Crippen molar-refractivity contribution in [3.05, 3.63) is 81.3 Å². The Bertz CT molecular complexity index is 907. The van der Waals surface area contributed by atoms with Crippen LogP contribution in [0.3, 0.4) is 0 Å². The van der Waals surface area contributed by atoms with Crippen LogP contribution in [-0.4, -0.2) is 17.3 Å². The third kappa shape index (κ3) is 4.47. The van der Waals surface area contributed by atoms with Crippen LogP contribution >= 0.6 is 0 Å². The third-order valence-corrected chi connectivity index (χ3v) is 3.73. The van der Waals surface area contributed by atoms with Crippen molar-refractivity contribution in [2.45, 2.75) is 20.3 Å². The minimum atomic E-state index is -0.215. The van der Waals surface area contributed by atoms with Gasteiger partial charge in [-0.25, -0.2) is 5.10 Å². The highest BCUT2D eigenvalue weighted by Crippen LogP contribution is 2.29. The van der Waals surface area contributed by atoms with E-state index in [9.17, 15) is 4.79 Å². The van der Waals surface area contributed by atoms with Gasteiger partial charge >= 0.3 is 0 Å². The first-order chi connectivity index (χ1) is 12.0. The molecule has 0 bridgehead atoms. The zero-order valence-corrected chi connectivity index (χ0v) is 14.5. The van der Waals surface area contributed by atoms with Gasteiger partial charge in [0, 0.05) is 18.6 Å². The van der Waals surface area contributed by atoms with Gasteiger partial charge in [0.15, 0.2) is 0 Å². The summed E-state index contributed by atoms with van der Waals surface area (Å²) in [6.45, 7) is 4.08. The molecule has 0 radical (unpaired) electrons. The Morgan fingerprint density at radius 2 is 1.60 bits per heavy atom. The average Bonchev–Trinajstić information content (AvgIpc) is 2.56. The molecule has 0 fully saturated rings. The maximum Gasteiger partial charge on any atom is 0.264 e. The molecular weight excluding hydrogens is 316 g/mol. The smallest absolute Gasteiger partial charge is 0.264 e. The van der Waals surface area contributed by atoms with Gasteiger partial charge in [-0.2, -0.15) is 5.10 Å². The molecule has 5 heteroatoms. The van der Waals surface area contributed by atoms with Gasteiger partial charge in [-0.15, -0.1) is 0 Å². The van der Waals surface area contributed by atoms with Crippen LogP contribution in [0.25, 0.3) is 0 Å². The summed E-state index contributed by atoms with van der Waals surface area (Å²) >= 11 is 0. The number of aromatic amines is 1. The van der Waals surface area contributed by atoms with Crippen molar-refractivity contribution in [1.82, 2.24) is 10.2 Å². The zero-order chi connectivity index (χ0) is 17.8. The molecule has 3 rings (SSSR count). The van der Waals surface area contributed by atoms with Crippen LogP contribution < -0.4 is 15.0 Å². The maximum absolute atomic E-state index is 11.1. The summed E-state index contributed by atoms with van der Waals surface area (Å²) < 4.78 is 11.4. The third-order valence-electron chi connectivity index (χ3n) is 3.73. The Labute approximate surface area is 146 Å². The molecule has 0 spiro atoms. The number of aromatic nitrogens is 2. The van der Waals surface area contributed by atoms with Crippen molar-refractivity contribution in [3.8, 4) is 17.2 Å². The number of rotatable bonds is 5. The molecule has 2 aromatic carbocycles. The topological polar surface area (TPSA) is 64.2 Å². The number of H-pyrrole nitrogens is 1. The van der Waals surface area contributed by atoms with Gasteiger partial charge in [0.05, 0.1) is 12.8 Å². The van der Waals surface area contributed by atoms with Gasteiger partial charge < -0.3 is 9.47 Å². The van der Waals surface area contributed by atoms with Crippen molar-refractivity contribution in [1.29, 1.82) is 0 Å². The van der Waals surface area contributed by atoms with E-state index >= 15 is 0 Å². The van der Waals surface area contributed by atoms with Crippen LogP contribution in [0, 0.1) is 13.8 Å². The summed E-state index contributed by atoms with van der Waals surface area (Å²) in [6, 6.07) is 15.0. The molecule has 0 saturated heterocycles. The number of nitrogens with zero attached hydrogens (tertiary/aromatic N) is 1. The van der Waals surface area contributed by atoms with Crippen molar-refractivity contribution >= 4 is 0 Å². The molecule has 0 saturated carbocycles. The van der Waals surface area contributed by atoms with Crippen LogP contribution in [0.1, 0.15) is 22.4 Å². The molecule has 0 aliphatic rings. The molecule has 0 unspecified atom stereocenters. The number of nitrogens with one attached hydrogen (secondary N) is 1. The number of hydrogen-bond donors (Lipinski definition) is 1. The molecule has 1 heterocycles. The first-order valence-electron chi connectivity index (χ1n) is 8.00. The van der Waals surface area contributed by atoms with Gasteiger partial charge in [0.25, 0.3) is 5.56 Å². The maximum atomic E-state index is 11.1. The summed E-state index contributed by atoms with van der Waals surface area (Å²) in [5.74, 6) is 2.20. The van der Waals surface area contributed by atoms with E-state index < -0.39 is 0 Å². The average molecular weight is 336 g/mol. The van der Waals surface area contributed by atoms with Crippen LogP contribution in [-0.2, 0) is 6.42 Å². The fourth-order valence-electron chi connectivity index (χ4n) is 2.72. The van der Waals surface area contributed by atoms with E-state index in [1.165, 1.54) is 6.07 Å². The van der Waals surface area contributed by atoms with E-state index in [2.05, 4.69) is 16.3 Å². The van der Waals surface area contributed by atoms with E-state index in [0.29, 0.717) is 17.9 Å². The molecule has 25 heavy (non-hydrogen) atoms. The Balaban J connectivity index is 1.88. The molecule has 3 aromatic rings. The number of benzene rings is 2. The van der Waals surface area contributed by atoms with Gasteiger partial charge in [-0.3, -0.25) is 4.79 Å². The molecule has 0 aliphatic heterocycles. The normalized spacial score (nSPS) is 10.5. The van der Waals surface area contributed by atoms with Gasteiger partial charge in [0.2, 0.25) is 0 Å². The monoisotopic (exact) mass is 336 g/mol. The van der Waals surface area contributed by atoms with E-state index in [1.54, 1.807) is 13.2 Å². The highest BCUT2D eigenvalue weighted by Gasteiger charge is 2.07. The predicted molar refractivity (Wildman–Crippen MR) is 96.6 cm³/mol. The van der Waals surface area contributed by atoms with Crippen LogP contribution in [0.2, 0.25) is 0 Å². The standard InChI is InChI=1S/C20H20N2O3/c1-13-6-14(2)8-18(7-13)25-19-11-15(10-17(12-19)24-3)9-16-4-5-20(23)22-21-16/h4-8,10-12H,9H2,1-3H3,(H,22,23). The number of ether oxygens (including phenoxy) is 2. The zero-order valence-electron chi connectivity index (χ0n) is 14.5. The Morgan fingerprint density at radius 1 is 0.920 bits per heavy atom. The Kier molecular flexibility index (Phi) is 4.84. The lowest BCUT2D eigenvalue weighted by atomic mass is 10.1. The number of hydrogen-bond acceptors (Lipinski definition) is 4. The van der Waals surface area contributed by atoms with Gasteiger partial charge in [0.1, 0.15) is 17.2 Å². The second kappa shape index (κ2) is 7.21. The summed E-state index contributed by atoms with van der Waals surface area (Å²) in [5.41, 5.74) is 3.84. The second-order valence-electron chi connectivity index (χ2n) is 6.03. The lowest BCUT2D eigenvalue weighted by molar-refractivity contribution is 0.408. The van der Waals surface area contributed by atoms with Crippen LogP contribution in [0.5, 0.6) is 17.2 Å². The van der Waals surface area contributed by atoms with Gasteiger partial charge in [-0.1, -0.05) is 6.07 Å². The van der Waals surface area contributed by atoms with Gasteiger partial charge in [-0.05, 0) is 60.9 Å². The van der Waals surface area contributed by atoms with Crippen LogP contribution in [0.4, 0.5) is 0 Å². The lowest BCUT2D eigenvalue weighted by Crippen LogP contribution is -2.07. The number of methoxy groups -OCH3 is 1. The first-order valence-corrected chi connectivity index (χ1v) is 8.00. The molecule has 5 nitrogen and oxygen atoms in total. The fraction of sp³-hybridized carbons (Fsp3) is 0.200. The lowest BCUT2D eigenvalue weighted by Gasteiger charge is -2.11. The summed E-state index contributed by atoms with van der Waals surface area (Å²) in [5, 5.41) is 6.49. The molecule has 1 aromatic heterocycles. The Hall–Kier alpha value is -3.08. The second-order valence-corrected chi connectivity index (χ2v) is 6.03. The van der Waals surface area contributed by atoms with E-state index in [1.807, 2.05) is 44.2 Å². The molecule has 128 valence electrons.